The van der Waals surface area contributed by atoms with Gasteiger partial charge in [-0.1, -0.05) is 53.7 Å². The summed E-state index contributed by atoms with van der Waals surface area (Å²) in [5.41, 5.74) is 6.19. The molecule has 0 saturated carbocycles. The molecule has 2 heterocycles. The molecule has 0 fully saturated rings. The molecule has 1 aliphatic carbocycles. The van der Waals surface area contributed by atoms with Crippen molar-refractivity contribution in [3.8, 4) is 0 Å². The Kier molecular flexibility index (Phi) is 12.6. The molecule has 0 radical (unpaired) electrons. The lowest BCUT2D eigenvalue weighted by Crippen LogP contribution is -2.24. The Hall–Kier alpha value is -4.14. The second-order valence-corrected chi connectivity index (χ2v) is 9.07. The summed E-state index contributed by atoms with van der Waals surface area (Å²) in [7, 11) is 0. The van der Waals surface area contributed by atoms with Crippen LogP contribution in [0.1, 0.15) is 103 Å². The summed E-state index contributed by atoms with van der Waals surface area (Å²) < 4.78 is 27.7. The fourth-order valence-corrected chi connectivity index (χ4v) is 4.59. The summed E-state index contributed by atoms with van der Waals surface area (Å²) in [6, 6.07) is 10.6. The van der Waals surface area contributed by atoms with Gasteiger partial charge in [-0.2, -0.15) is 5.10 Å². The number of fused-ring (bicyclic) bond motifs is 2. The summed E-state index contributed by atoms with van der Waals surface area (Å²) in [6.07, 6.45) is 4.50. The maximum atomic E-state index is 13.2. The zero-order valence-corrected chi connectivity index (χ0v) is 24.9. The van der Waals surface area contributed by atoms with Gasteiger partial charge in [0.05, 0.1) is 11.8 Å². The molecule has 0 spiro atoms. The Balaban J connectivity index is 0.000000279. The highest BCUT2D eigenvalue weighted by molar-refractivity contribution is 5.92. The molecule has 1 aliphatic rings. The van der Waals surface area contributed by atoms with Crippen LogP contribution in [0.2, 0.25) is 0 Å². The Morgan fingerprint density at radius 3 is 2.39 bits per heavy atom. The SMILES string of the molecule is CC.CC.CCc1cc(C(=O)NCc2ccc(F)c(F)c2)nc2ccnn12.Cc1c(C(=O)O)ccc2c1CCC2C. The molecule has 5 rings (SSSR count). The van der Waals surface area contributed by atoms with Crippen LogP contribution in [0.5, 0.6) is 0 Å². The topological polar surface area (TPSA) is 96.6 Å². The van der Waals surface area contributed by atoms with E-state index >= 15 is 0 Å². The molecule has 7 nitrogen and oxygen atoms in total. The number of hydrogen-bond acceptors (Lipinski definition) is 4. The number of aromatic nitrogens is 3. The van der Waals surface area contributed by atoms with Crippen LogP contribution < -0.4 is 5.32 Å². The quantitative estimate of drug-likeness (QED) is 0.264. The molecule has 220 valence electrons. The van der Waals surface area contributed by atoms with E-state index in [1.54, 1.807) is 28.9 Å². The third kappa shape index (κ3) is 7.96. The molecule has 2 N–H and O–H groups in total. The number of aromatic carboxylic acids is 1. The Bertz CT molecular complexity index is 1480. The molecule has 1 atom stereocenters. The molecule has 1 amide bonds. The fourth-order valence-electron chi connectivity index (χ4n) is 4.59. The first-order chi connectivity index (χ1) is 19.7. The van der Waals surface area contributed by atoms with Gasteiger partial charge in [0, 0.05) is 18.3 Å². The first-order valence-corrected chi connectivity index (χ1v) is 14.1. The van der Waals surface area contributed by atoms with Crippen LogP contribution in [0.25, 0.3) is 5.65 Å². The number of carboxylic acids is 1. The van der Waals surface area contributed by atoms with Crippen LogP contribution in [0.3, 0.4) is 0 Å². The van der Waals surface area contributed by atoms with Crippen LogP contribution in [0.15, 0.2) is 48.7 Å². The van der Waals surface area contributed by atoms with Crippen LogP contribution in [0.4, 0.5) is 8.78 Å². The van der Waals surface area contributed by atoms with Gasteiger partial charge in [0.1, 0.15) is 5.69 Å². The van der Waals surface area contributed by atoms with E-state index in [0.29, 0.717) is 29.1 Å². The van der Waals surface area contributed by atoms with E-state index in [0.717, 1.165) is 36.2 Å². The number of carboxylic acid groups (broad SMARTS) is 1. The van der Waals surface area contributed by atoms with Crippen molar-refractivity contribution in [2.45, 2.75) is 80.2 Å². The maximum absolute atomic E-state index is 13.2. The minimum absolute atomic E-state index is 0.0869. The van der Waals surface area contributed by atoms with E-state index < -0.39 is 17.6 Å². The largest absolute Gasteiger partial charge is 0.478 e. The number of hydrogen-bond donors (Lipinski definition) is 2. The molecule has 0 aliphatic heterocycles. The zero-order valence-electron chi connectivity index (χ0n) is 24.9. The summed E-state index contributed by atoms with van der Waals surface area (Å²) in [4.78, 5) is 27.4. The molecule has 4 aromatic rings. The van der Waals surface area contributed by atoms with Gasteiger partial charge >= 0.3 is 5.97 Å². The number of carbonyl (C=O) groups is 2. The van der Waals surface area contributed by atoms with Crippen molar-refractivity contribution >= 4 is 17.5 Å². The van der Waals surface area contributed by atoms with E-state index in [4.69, 9.17) is 5.11 Å². The number of rotatable bonds is 5. The standard InChI is InChI=1S/C16H14F2N4O.C12H14O2.2C2H6/c1-2-11-8-14(21-15-5-6-20-22(11)15)16(23)19-9-10-3-4-12(17)13(18)7-10;1-7-3-4-10-8(2)11(12(13)14)6-5-9(7)10;2*1-2/h3-8H,2,9H2,1H3,(H,19,23);5-7H,3-4H2,1-2H3,(H,13,14);2*1-2H3. The Morgan fingerprint density at radius 1 is 1.05 bits per heavy atom. The van der Waals surface area contributed by atoms with Gasteiger partial charge in [-0.3, -0.25) is 4.79 Å². The monoisotopic (exact) mass is 566 g/mol. The van der Waals surface area contributed by atoms with Gasteiger partial charge in [0.2, 0.25) is 0 Å². The average molecular weight is 567 g/mol. The first-order valence-electron chi connectivity index (χ1n) is 14.1. The van der Waals surface area contributed by atoms with Crippen LogP contribution in [0, 0.1) is 18.6 Å². The lowest BCUT2D eigenvalue weighted by Gasteiger charge is -2.09. The number of aryl methyl sites for hydroxylation is 1. The molecule has 0 saturated heterocycles. The van der Waals surface area contributed by atoms with Gasteiger partial charge < -0.3 is 10.4 Å². The number of nitrogens with zero attached hydrogens (tertiary/aromatic N) is 3. The Morgan fingerprint density at radius 2 is 1.76 bits per heavy atom. The van der Waals surface area contributed by atoms with Gasteiger partial charge in [-0.15, -0.1) is 0 Å². The highest BCUT2D eigenvalue weighted by Crippen LogP contribution is 2.35. The van der Waals surface area contributed by atoms with Crippen LogP contribution in [-0.4, -0.2) is 31.6 Å². The second-order valence-electron chi connectivity index (χ2n) is 9.07. The number of carbonyl (C=O) groups excluding carboxylic acids is 1. The average Bonchev–Trinajstić information content (AvgIpc) is 3.62. The van der Waals surface area contributed by atoms with E-state index in [9.17, 15) is 18.4 Å². The van der Waals surface area contributed by atoms with Crippen molar-refractivity contribution in [2.75, 3.05) is 0 Å². The van der Waals surface area contributed by atoms with Crippen molar-refractivity contribution in [1.29, 1.82) is 0 Å². The van der Waals surface area contributed by atoms with Crippen molar-refractivity contribution < 1.29 is 23.5 Å². The third-order valence-corrected chi connectivity index (χ3v) is 6.69. The fraction of sp³-hybridized carbons (Fsp3) is 0.375. The molecular formula is C32H40F2N4O3. The molecule has 1 unspecified atom stereocenters. The van der Waals surface area contributed by atoms with Gasteiger partial charge in [0.25, 0.3) is 5.91 Å². The first kappa shape index (κ1) is 33.1. The molecule has 41 heavy (non-hydrogen) atoms. The lowest BCUT2D eigenvalue weighted by atomic mass is 9.96. The Labute approximate surface area is 240 Å². The van der Waals surface area contributed by atoms with Crippen molar-refractivity contribution in [1.82, 2.24) is 19.9 Å². The smallest absolute Gasteiger partial charge is 0.335 e. The molecular weight excluding hydrogens is 526 g/mol. The number of halogens is 2. The summed E-state index contributed by atoms with van der Waals surface area (Å²) in [5, 5.41) is 15.8. The highest BCUT2D eigenvalue weighted by Gasteiger charge is 2.22. The predicted octanol–water partition coefficient (Wildman–Crippen LogP) is 7.30. The summed E-state index contributed by atoms with van der Waals surface area (Å²) in [5.74, 6) is -2.46. The van der Waals surface area contributed by atoms with E-state index in [1.807, 2.05) is 47.6 Å². The van der Waals surface area contributed by atoms with Crippen molar-refractivity contribution in [2.24, 2.45) is 0 Å². The maximum Gasteiger partial charge on any atom is 0.335 e. The molecule has 2 aromatic carbocycles. The van der Waals surface area contributed by atoms with Gasteiger partial charge in [0.15, 0.2) is 17.3 Å². The van der Waals surface area contributed by atoms with E-state index in [-0.39, 0.29) is 18.1 Å². The second kappa shape index (κ2) is 15.6. The third-order valence-electron chi connectivity index (χ3n) is 6.69. The van der Waals surface area contributed by atoms with Crippen molar-refractivity contribution in [3.05, 3.63) is 99.5 Å². The van der Waals surface area contributed by atoms with Gasteiger partial charge in [-0.25, -0.2) is 23.1 Å². The molecule has 2 aromatic heterocycles. The van der Waals surface area contributed by atoms with E-state index in [2.05, 4.69) is 22.3 Å². The lowest BCUT2D eigenvalue weighted by molar-refractivity contribution is 0.0695. The number of nitrogens with one attached hydrogen (secondary N) is 1. The molecule has 9 heteroatoms. The summed E-state index contributed by atoms with van der Waals surface area (Å²) in [6.45, 7) is 14.2. The predicted molar refractivity (Wildman–Crippen MR) is 157 cm³/mol. The normalized spacial score (nSPS) is 13.0. The highest BCUT2D eigenvalue weighted by atomic mass is 19.2. The van der Waals surface area contributed by atoms with Crippen LogP contribution >= 0.6 is 0 Å². The minimum Gasteiger partial charge on any atom is -0.478 e. The number of amides is 1. The van der Waals surface area contributed by atoms with E-state index in [1.165, 1.54) is 17.2 Å². The molecule has 0 bridgehead atoms. The summed E-state index contributed by atoms with van der Waals surface area (Å²) >= 11 is 0. The number of benzene rings is 2. The van der Waals surface area contributed by atoms with Crippen molar-refractivity contribution in [3.63, 3.8) is 0 Å². The van der Waals surface area contributed by atoms with Gasteiger partial charge in [-0.05, 0) is 78.6 Å². The van der Waals surface area contributed by atoms with Crippen LogP contribution in [-0.2, 0) is 19.4 Å². The minimum atomic E-state index is -0.941. The zero-order chi connectivity index (χ0) is 30.7.